The molecule has 27 heavy (non-hydrogen) atoms. The molecule has 3 unspecified atom stereocenters. The number of fused-ring (bicyclic) bond motifs is 5. The summed E-state index contributed by atoms with van der Waals surface area (Å²) in [6.45, 7) is 4.47. The van der Waals surface area contributed by atoms with Gasteiger partial charge in [0.15, 0.2) is 0 Å². The molecule has 146 valence electrons. The molecule has 3 atom stereocenters. The number of ether oxygens (including phenoxy) is 1. The molecule has 2 aromatic rings. The van der Waals surface area contributed by atoms with E-state index in [-0.39, 0.29) is 17.3 Å². The van der Waals surface area contributed by atoms with Crippen molar-refractivity contribution in [3.8, 4) is 0 Å². The van der Waals surface area contributed by atoms with Crippen molar-refractivity contribution in [2.24, 2.45) is 12.5 Å². The number of para-hydroxylation sites is 1. The van der Waals surface area contributed by atoms with Crippen LogP contribution in [-0.2, 0) is 16.6 Å². The van der Waals surface area contributed by atoms with Crippen molar-refractivity contribution in [1.29, 1.82) is 0 Å². The molecular formula is C22H29BrN2O2. The van der Waals surface area contributed by atoms with Crippen LogP contribution in [0.4, 0.5) is 0 Å². The zero-order chi connectivity index (χ0) is 19.2. The molecule has 1 aliphatic carbocycles. The van der Waals surface area contributed by atoms with Crippen molar-refractivity contribution in [1.82, 2.24) is 9.47 Å². The first-order valence-electron chi connectivity index (χ1n) is 10.0. The summed E-state index contributed by atoms with van der Waals surface area (Å²) < 4.78 is 7.51. The normalized spacial score (nSPS) is 28.0. The topological polar surface area (TPSA) is 34.5 Å². The summed E-state index contributed by atoms with van der Waals surface area (Å²) in [5.41, 5.74) is 3.89. The molecule has 1 fully saturated rings. The Labute approximate surface area is 170 Å². The first-order valence-corrected chi connectivity index (χ1v) is 11.1. The average Bonchev–Trinajstić information content (AvgIpc) is 3.00. The fourth-order valence-electron chi connectivity index (χ4n) is 5.85. The molecule has 0 radical (unpaired) electrons. The summed E-state index contributed by atoms with van der Waals surface area (Å²) in [5.74, 6) is -0.270. The first-order chi connectivity index (χ1) is 13.1. The summed E-state index contributed by atoms with van der Waals surface area (Å²) in [6.07, 6.45) is 4.36. The van der Waals surface area contributed by atoms with E-state index in [0.717, 1.165) is 31.3 Å². The van der Waals surface area contributed by atoms with Crippen LogP contribution in [-0.4, -0.2) is 41.0 Å². The average molecular weight is 433 g/mol. The van der Waals surface area contributed by atoms with Crippen LogP contribution in [0.2, 0.25) is 0 Å². The number of aryl methyl sites for hydroxylation is 1. The molecule has 0 N–H and O–H groups in total. The minimum absolute atomic E-state index is 0.0916. The molecule has 0 spiro atoms. The maximum atomic E-state index is 12.8. The van der Waals surface area contributed by atoms with Gasteiger partial charge in [-0.2, -0.15) is 0 Å². The van der Waals surface area contributed by atoms with Gasteiger partial charge in [-0.3, -0.25) is 9.69 Å². The Morgan fingerprint density at radius 3 is 2.85 bits per heavy atom. The Morgan fingerprint density at radius 1 is 1.37 bits per heavy atom. The number of hydrogen-bond acceptors (Lipinski definition) is 3. The third-order valence-electron chi connectivity index (χ3n) is 7.03. The van der Waals surface area contributed by atoms with Gasteiger partial charge in [0.05, 0.1) is 13.0 Å². The van der Waals surface area contributed by atoms with Gasteiger partial charge in [-0.25, -0.2) is 0 Å². The van der Waals surface area contributed by atoms with E-state index in [1.807, 2.05) is 0 Å². The molecule has 4 nitrogen and oxygen atoms in total. The van der Waals surface area contributed by atoms with Gasteiger partial charge in [-0.1, -0.05) is 41.1 Å². The summed E-state index contributed by atoms with van der Waals surface area (Å²) in [5, 5.41) is 2.27. The van der Waals surface area contributed by atoms with Crippen LogP contribution in [0.5, 0.6) is 0 Å². The summed E-state index contributed by atoms with van der Waals surface area (Å²) in [7, 11) is 3.63. The number of carbonyl (C=O) groups is 1. The fourth-order valence-corrected chi connectivity index (χ4v) is 6.30. The first kappa shape index (κ1) is 19.0. The molecule has 4 rings (SSSR count). The van der Waals surface area contributed by atoms with Crippen LogP contribution in [0, 0.1) is 5.41 Å². The van der Waals surface area contributed by atoms with Crippen LogP contribution >= 0.6 is 15.9 Å². The maximum absolute atomic E-state index is 12.8. The third-order valence-corrected chi connectivity index (χ3v) is 7.39. The molecule has 2 heterocycles. The van der Waals surface area contributed by atoms with Crippen LogP contribution in [0.1, 0.15) is 55.8 Å². The largest absolute Gasteiger partial charge is 0.469 e. The standard InChI is InChI=1S/C22H29BrN2O2/c1-4-22-10-7-12-25(13-11-23)20(22)18-15-8-5-6-9-17(15)24(2)19(18)16(14-22)21(26)27-3/h5-6,8-9,16,20H,4,7,10-14H2,1-3H3. The second-order valence-electron chi connectivity index (χ2n) is 8.10. The number of esters is 1. The molecule has 1 aromatic carbocycles. The van der Waals surface area contributed by atoms with Gasteiger partial charge < -0.3 is 9.30 Å². The van der Waals surface area contributed by atoms with Gasteiger partial charge >= 0.3 is 5.97 Å². The van der Waals surface area contributed by atoms with Crippen molar-refractivity contribution in [2.45, 2.75) is 44.6 Å². The fraction of sp³-hybridized carbons (Fsp3) is 0.591. The van der Waals surface area contributed by atoms with E-state index >= 15 is 0 Å². The molecular weight excluding hydrogens is 404 g/mol. The summed E-state index contributed by atoms with van der Waals surface area (Å²) >= 11 is 3.66. The number of nitrogens with zero attached hydrogens (tertiary/aromatic N) is 2. The smallest absolute Gasteiger partial charge is 0.314 e. The quantitative estimate of drug-likeness (QED) is 0.515. The number of hydrogen-bond donors (Lipinski definition) is 0. The highest BCUT2D eigenvalue weighted by Crippen LogP contribution is 2.60. The van der Waals surface area contributed by atoms with E-state index < -0.39 is 0 Å². The Morgan fingerprint density at radius 2 is 2.15 bits per heavy atom. The number of rotatable bonds is 4. The van der Waals surface area contributed by atoms with Gasteiger partial charge in [0.1, 0.15) is 0 Å². The number of methoxy groups -OCH3 is 1. The third kappa shape index (κ3) is 2.77. The van der Waals surface area contributed by atoms with Crippen molar-refractivity contribution < 1.29 is 9.53 Å². The second kappa shape index (κ2) is 7.25. The van der Waals surface area contributed by atoms with Crippen molar-refractivity contribution >= 4 is 32.8 Å². The lowest BCUT2D eigenvalue weighted by atomic mass is 9.59. The van der Waals surface area contributed by atoms with Crippen molar-refractivity contribution in [2.75, 3.05) is 25.5 Å². The lowest BCUT2D eigenvalue weighted by Crippen LogP contribution is -2.50. The second-order valence-corrected chi connectivity index (χ2v) is 8.89. The minimum Gasteiger partial charge on any atom is -0.469 e. The zero-order valence-electron chi connectivity index (χ0n) is 16.5. The van der Waals surface area contributed by atoms with Crippen LogP contribution in [0.15, 0.2) is 24.3 Å². The van der Waals surface area contributed by atoms with E-state index in [1.165, 1.54) is 42.1 Å². The predicted molar refractivity (Wildman–Crippen MR) is 112 cm³/mol. The highest BCUT2D eigenvalue weighted by Gasteiger charge is 2.53. The monoisotopic (exact) mass is 432 g/mol. The van der Waals surface area contributed by atoms with E-state index in [4.69, 9.17) is 4.74 Å². The molecule has 0 saturated carbocycles. The van der Waals surface area contributed by atoms with Gasteiger partial charge in [-0.05, 0) is 49.3 Å². The molecule has 1 aromatic heterocycles. The van der Waals surface area contributed by atoms with Crippen molar-refractivity contribution in [3.63, 3.8) is 0 Å². The van der Waals surface area contributed by atoms with Gasteiger partial charge in [0.2, 0.25) is 0 Å². The number of alkyl halides is 1. The van der Waals surface area contributed by atoms with Gasteiger partial charge in [-0.15, -0.1) is 0 Å². The lowest BCUT2D eigenvalue weighted by molar-refractivity contribution is -0.145. The van der Waals surface area contributed by atoms with Crippen LogP contribution < -0.4 is 0 Å². The number of likely N-dealkylation sites (tertiary alicyclic amines) is 1. The molecule has 1 saturated heterocycles. The number of aromatic nitrogens is 1. The Balaban J connectivity index is 2.02. The zero-order valence-corrected chi connectivity index (χ0v) is 18.1. The van der Waals surface area contributed by atoms with Crippen LogP contribution in [0.25, 0.3) is 10.9 Å². The van der Waals surface area contributed by atoms with E-state index in [1.54, 1.807) is 0 Å². The highest BCUT2D eigenvalue weighted by atomic mass is 79.9. The minimum atomic E-state index is -0.178. The number of carbonyl (C=O) groups excluding carboxylic acids is 1. The Bertz CT molecular complexity index is 859. The highest BCUT2D eigenvalue weighted by molar-refractivity contribution is 9.09. The van der Waals surface area contributed by atoms with Gasteiger partial charge in [0.25, 0.3) is 0 Å². The number of halogens is 1. The molecule has 1 aliphatic heterocycles. The molecule has 2 aliphatic rings. The molecule has 5 heteroatoms. The lowest BCUT2D eigenvalue weighted by Gasteiger charge is -2.54. The maximum Gasteiger partial charge on any atom is 0.314 e. The van der Waals surface area contributed by atoms with E-state index in [2.05, 4.69) is 63.6 Å². The van der Waals surface area contributed by atoms with Gasteiger partial charge in [0, 0.05) is 41.6 Å². The summed E-state index contributed by atoms with van der Waals surface area (Å²) in [4.78, 5) is 15.5. The summed E-state index contributed by atoms with van der Waals surface area (Å²) in [6, 6.07) is 8.99. The number of piperidine rings is 1. The SMILES string of the molecule is CCC12CCCN(CCBr)C1c1c(n(C)c3ccccc13)C(C(=O)OC)C2. The van der Waals surface area contributed by atoms with Crippen LogP contribution in [0.3, 0.4) is 0 Å². The Kier molecular flexibility index (Phi) is 5.10. The molecule has 0 amide bonds. The Hall–Kier alpha value is -1.33. The molecule has 0 bridgehead atoms. The van der Waals surface area contributed by atoms with Crippen molar-refractivity contribution in [3.05, 3.63) is 35.5 Å². The van der Waals surface area contributed by atoms with E-state index in [9.17, 15) is 4.79 Å². The van der Waals surface area contributed by atoms with E-state index in [0.29, 0.717) is 6.04 Å². The number of benzene rings is 1. The predicted octanol–water partition coefficient (Wildman–Crippen LogP) is 4.77.